The first-order valence-corrected chi connectivity index (χ1v) is 15.4. The molecule has 1 atom stereocenters. The number of piperidine rings is 1. The fourth-order valence-corrected chi connectivity index (χ4v) is 6.03. The number of imidazole rings is 1. The summed E-state index contributed by atoms with van der Waals surface area (Å²) in [6, 6.07) is 14.5. The molecule has 0 radical (unpaired) electrons. The Morgan fingerprint density at radius 1 is 1.07 bits per heavy atom. The van der Waals surface area contributed by atoms with Crippen molar-refractivity contribution in [3.8, 4) is 16.9 Å². The van der Waals surface area contributed by atoms with Crippen molar-refractivity contribution < 1.29 is 28.2 Å². The topological polar surface area (TPSA) is 78.9 Å². The lowest BCUT2D eigenvalue weighted by atomic mass is 9.82. The number of benzene rings is 2. The van der Waals surface area contributed by atoms with Gasteiger partial charge >= 0.3 is 5.97 Å². The van der Waals surface area contributed by atoms with Gasteiger partial charge in [0.2, 0.25) is 0 Å². The number of carboxylic acid groups (broad SMARTS) is 1. The first-order valence-electron chi connectivity index (χ1n) is 15.4. The molecule has 0 spiro atoms. The number of fused-ring (bicyclic) bond motifs is 1. The number of hydrogen-bond acceptors (Lipinski definition) is 4. The number of carbonyl (C=O) groups is 1. The van der Waals surface area contributed by atoms with Crippen molar-refractivity contribution >= 4 is 17.3 Å². The fraction of sp³-hybridized carbons (Fsp3) is 0.444. The number of nitrogens with one attached hydrogen (secondary N) is 1. The van der Waals surface area contributed by atoms with Gasteiger partial charge in [-0.2, -0.15) is 4.40 Å². The molecule has 1 saturated heterocycles. The molecule has 234 valence electrons. The summed E-state index contributed by atoms with van der Waals surface area (Å²) < 4.78 is 27.7. The second-order valence-electron chi connectivity index (χ2n) is 13.7. The van der Waals surface area contributed by atoms with Crippen LogP contribution in [0.5, 0.6) is 5.75 Å². The van der Waals surface area contributed by atoms with Crippen LogP contribution in [0.2, 0.25) is 0 Å². The van der Waals surface area contributed by atoms with E-state index in [1.54, 1.807) is 12.1 Å². The highest BCUT2D eigenvalue weighted by Gasteiger charge is 2.39. The second-order valence-corrected chi connectivity index (χ2v) is 13.7. The van der Waals surface area contributed by atoms with Crippen LogP contribution in [0.1, 0.15) is 76.1 Å². The normalized spacial score (nSPS) is 15.9. The maximum absolute atomic E-state index is 13.3. The minimum absolute atomic E-state index is 0.217. The van der Waals surface area contributed by atoms with Gasteiger partial charge in [-0.3, -0.25) is 0 Å². The molecular weight excluding hydrogens is 557 g/mol. The van der Waals surface area contributed by atoms with Crippen molar-refractivity contribution in [1.82, 2.24) is 4.98 Å². The molecule has 2 N–H and O–H groups in total. The summed E-state index contributed by atoms with van der Waals surface area (Å²) >= 11 is 0. The number of aromatic amines is 1. The molecule has 2 aromatic carbocycles. The SMILES string of the molecule is Cc1c[n+]2c(C)c([C@H](OC(C)(C)C)C(=O)O)c(N3CCC(C)(C)CC3)c(-c3ccc(OCCc4ccc(F)cc4)cc3)c2[nH]1. The van der Waals surface area contributed by atoms with Crippen LogP contribution >= 0.6 is 0 Å². The quantitative estimate of drug-likeness (QED) is 0.196. The first-order chi connectivity index (χ1) is 20.7. The highest BCUT2D eigenvalue weighted by Crippen LogP contribution is 2.44. The number of carboxylic acids is 1. The average Bonchev–Trinajstić information content (AvgIpc) is 3.34. The molecule has 4 aromatic rings. The summed E-state index contributed by atoms with van der Waals surface area (Å²) in [7, 11) is 0. The summed E-state index contributed by atoms with van der Waals surface area (Å²) in [6.07, 6.45) is 3.53. The molecule has 1 aliphatic heterocycles. The van der Waals surface area contributed by atoms with Gasteiger partial charge in [0.1, 0.15) is 29.2 Å². The van der Waals surface area contributed by atoms with Crippen molar-refractivity contribution in [3.63, 3.8) is 0 Å². The van der Waals surface area contributed by atoms with E-state index in [0.29, 0.717) is 18.6 Å². The van der Waals surface area contributed by atoms with Crippen LogP contribution in [0, 0.1) is 25.1 Å². The lowest BCUT2D eigenvalue weighted by molar-refractivity contribution is -0.518. The number of aryl methyl sites for hydroxylation is 2. The Labute approximate surface area is 259 Å². The van der Waals surface area contributed by atoms with Crippen LogP contribution in [0.3, 0.4) is 0 Å². The van der Waals surface area contributed by atoms with E-state index in [9.17, 15) is 14.3 Å². The number of ether oxygens (including phenoxy) is 2. The van der Waals surface area contributed by atoms with Crippen molar-refractivity contribution in [2.75, 3.05) is 24.6 Å². The number of anilines is 1. The summed E-state index contributed by atoms with van der Waals surface area (Å²) in [5.41, 5.74) is 6.76. The largest absolute Gasteiger partial charge is 0.493 e. The van der Waals surface area contributed by atoms with Crippen LogP contribution in [-0.4, -0.2) is 41.4 Å². The van der Waals surface area contributed by atoms with Crippen molar-refractivity contribution in [3.05, 3.63) is 83.1 Å². The molecule has 0 saturated carbocycles. The Morgan fingerprint density at radius 2 is 1.70 bits per heavy atom. The number of nitrogens with zero attached hydrogens (tertiary/aromatic N) is 2. The molecule has 0 aliphatic carbocycles. The second kappa shape index (κ2) is 12.2. The molecule has 0 bridgehead atoms. The first kappa shape index (κ1) is 31.5. The predicted molar refractivity (Wildman–Crippen MR) is 171 cm³/mol. The van der Waals surface area contributed by atoms with Gasteiger partial charge in [-0.25, -0.2) is 14.2 Å². The monoisotopic (exact) mass is 602 g/mol. The molecule has 3 heterocycles. The smallest absolute Gasteiger partial charge is 0.337 e. The van der Waals surface area contributed by atoms with Crippen molar-refractivity contribution in [2.45, 2.75) is 79.4 Å². The predicted octanol–water partition coefficient (Wildman–Crippen LogP) is 7.37. The molecule has 7 nitrogen and oxygen atoms in total. The number of aromatic nitrogens is 2. The minimum Gasteiger partial charge on any atom is -0.493 e. The van der Waals surface area contributed by atoms with Gasteiger partial charge in [0, 0.05) is 26.4 Å². The number of hydrogen-bond donors (Lipinski definition) is 2. The average molecular weight is 603 g/mol. The van der Waals surface area contributed by atoms with Crippen LogP contribution in [0.4, 0.5) is 10.1 Å². The van der Waals surface area contributed by atoms with Crippen LogP contribution < -0.4 is 14.0 Å². The number of H-pyrrole nitrogens is 1. The number of aliphatic carboxylic acids is 1. The van der Waals surface area contributed by atoms with E-state index in [4.69, 9.17) is 9.47 Å². The van der Waals surface area contributed by atoms with E-state index in [2.05, 4.69) is 28.1 Å². The molecule has 0 amide bonds. The van der Waals surface area contributed by atoms with E-state index in [-0.39, 0.29) is 11.2 Å². The van der Waals surface area contributed by atoms with E-state index in [1.807, 2.05) is 65.1 Å². The van der Waals surface area contributed by atoms with Gasteiger partial charge in [0.15, 0.2) is 6.10 Å². The summed E-state index contributed by atoms with van der Waals surface area (Å²) in [6.45, 7) is 16.4. The number of rotatable bonds is 9. The van der Waals surface area contributed by atoms with Gasteiger partial charge < -0.3 is 19.5 Å². The van der Waals surface area contributed by atoms with Gasteiger partial charge in [0.25, 0.3) is 5.65 Å². The molecule has 2 aromatic heterocycles. The third kappa shape index (κ3) is 6.91. The van der Waals surface area contributed by atoms with Gasteiger partial charge in [-0.05, 0) is 81.3 Å². The Morgan fingerprint density at radius 3 is 2.30 bits per heavy atom. The van der Waals surface area contributed by atoms with Gasteiger partial charge in [-0.15, -0.1) is 0 Å². The zero-order valence-electron chi connectivity index (χ0n) is 27.0. The summed E-state index contributed by atoms with van der Waals surface area (Å²) in [5, 5.41) is 10.6. The molecule has 0 unspecified atom stereocenters. The maximum atomic E-state index is 13.3. The van der Waals surface area contributed by atoms with E-state index < -0.39 is 17.7 Å². The van der Waals surface area contributed by atoms with Crippen molar-refractivity contribution in [2.24, 2.45) is 5.41 Å². The Hall–Kier alpha value is -3.91. The highest BCUT2D eigenvalue weighted by molar-refractivity contribution is 5.92. The zero-order chi connectivity index (χ0) is 31.8. The molecule has 1 aliphatic rings. The third-order valence-corrected chi connectivity index (χ3v) is 8.47. The summed E-state index contributed by atoms with van der Waals surface area (Å²) in [4.78, 5) is 18.8. The number of halogens is 1. The van der Waals surface area contributed by atoms with Crippen molar-refractivity contribution in [1.29, 1.82) is 0 Å². The Kier molecular flexibility index (Phi) is 8.76. The van der Waals surface area contributed by atoms with Gasteiger partial charge in [0.05, 0.1) is 29.0 Å². The van der Waals surface area contributed by atoms with E-state index >= 15 is 0 Å². The van der Waals surface area contributed by atoms with Gasteiger partial charge in [-0.1, -0.05) is 38.1 Å². The number of pyridine rings is 1. The standard InChI is InChI=1S/C36H44FN3O4/c1-23-22-40-24(2)29(32(34(41)42)44-35(3,4)5)31(39-19-17-36(6,7)18-20-39)30(33(40)38-23)26-10-14-28(15-11-26)43-21-16-25-8-12-27(37)13-9-25/h8-15,22,32H,16-21H2,1-7H3,(H,41,42)/p+1/t32-/m0/s1. The minimum atomic E-state index is -1.15. The van der Waals surface area contributed by atoms with Crippen LogP contribution in [0.15, 0.2) is 54.7 Å². The fourth-order valence-electron chi connectivity index (χ4n) is 6.03. The Balaban J connectivity index is 1.61. The highest BCUT2D eigenvalue weighted by atomic mass is 19.1. The van der Waals surface area contributed by atoms with Crippen LogP contribution in [0.25, 0.3) is 16.8 Å². The lowest BCUT2D eigenvalue weighted by Crippen LogP contribution is -2.41. The molecule has 1 fully saturated rings. The molecule has 5 rings (SSSR count). The Bertz CT molecular complexity index is 1630. The zero-order valence-corrected chi connectivity index (χ0v) is 27.0. The molecular formula is C36H45FN3O4+. The third-order valence-electron chi connectivity index (χ3n) is 8.47. The van der Waals surface area contributed by atoms with E-state index in [0.717, 1.165) is 71.1 Å². The van der Waals surface area contributed by atoms with E-state index in [1.165, 1.54) is 12.1 Å². The summed E-state index contributed by atoms with van der Waals surface area (Å²) in [5.74, 6) is -0.526. The maximum Gasteiger partial charge on any atom is 0.337 e. The lowest BCUT2D eigenvalue weighted by Gasteiger charge is -2.40. The molecule has 8 heteroatoms. The molecule has 44 heavy (non-hydrogen) atoms. The van der Waals surface area contributed by atoms with Crippen LogP contribution in [-0.2, 0) is 16.0 Å².